The van der Waals surface area contributed by atoms with E-state index >= 15 is 0 Å². The fourth-order valence-electron chi connectivity index (χ4n) is 4.34. The predicted octanol–water partition coefficient (Wildman–Crippen LogP) is 5.69. The third kappa shape index (κ3) is 8.92. The van der Waals surface area contributed by atoms with E-state index in [1.54, 1.807) is 0 Å². The molecule has 5 heteroatoms. The molecule has 1 heterocycles. The molecule has 0 aromatic rings. The summed E-state index contributed by atoms with van der Waals surface area (Å²) in [4.78, 5) is 23.1. The zero-order valence-electron chi connectivity index (χ0n) is 20.0. The minimum absolute atomic E-state index is 0.00731. The lowest BCUT2D eigenvalue weighted by Crippen LogP contribution is -2.36. The number of carbonyl (C=O) groups is 2. The highest BCUT2D eigenvalue weighted by atomic mass is 16.7. The Bertz CT molecular complexity index is 718. The molecule has 2 fully saturated rings. The Morgan fingerprint density at radius 2 is 2.12 bits per heavy atom. The van der Waals surface area contributed by atoms with Crippen molar-refractivity contribution >= 4 is 11.8 Å². The van der Waals surface area contributed by atoms with Crippen LogP contribution in [0.5, 0.6) is 0 Å². The van der Waals surface area contributed by atoms with Crippen LogP contribution in [-0.2, 0) is 19.1 Å². The van der Waals surface area contributed by atoms with Crippen molar-refractivity contribution in [3.63, 3.8) is 0 Å². The summed E-state index contributed by atoms with van der Waals surface area (Å²) in [7, 11) is 0. The van der Waals surface area contributed by atoms with Crippen molar-refractivity contribution in [2.75, 3.05) is 6.61 Å². The highest BCUT2D eigenvalue weighted by molar-refractivity contribution is 5.83. The first-order valence-electron chi connectivity index (χ1n) is 12.1. The van der Waals surface area contributed by atoms with Gasteiger partial charge in [0.15, 0.2) is 6.29 Å². The first kappa shape index (κ1) is 26.4. The van der Waals surface area contributed by atoms with Crippen LogP contribution < -0.4 is 0 Å². The van der Waals surface area contributed by atoms with E-state index in [0.717, 1.165) is 45.1 Å². The molecule has 2 rings (SSSR count). The predicted molar refractivity (Wildman–Crippen MR) is 126 cm³/mol. The highest BCUT2D eigenvalue weighted by Gasteiger charge is 2.34. The summed E-state index contributed by atoms with van der Waals surface area (Å²) in [5.74, 6) is 5.94. The Balaban J connectivity index is 2.01. The van der Waals surface area contributed by atoms with Crippen LogP contribution >= 0.6 is 0 Å². The highest BCUT2D eigenvalue weighted by Crippen LogP contribution is 2.35. The summed E-state index contributed by atoms with van der Waals surface area (Å²) in [5, 5.41) is 8.72. The van der Waals surface area contributed by atoms with Gasteiger partial charge >= 0.3 is 5.97 Å². The molecule has 32 heavy (non-hydrogen) atoms. The van der Waals surface area contributed by atoms with Gasteiger partial charge in [-0.25, -0.2) is 0 Å². The van der Waals surface area contributed by atoms with Crippen molar-refractivity contribution in [2.45, 2.75) is 97.4 Å². The molecule has 0 aromatic heterocycles. The molecule has 1 aliphatic carbocycles. The second-order valence-corrected chi connectivity index (χ2v) is 9.60. The van der Waals surface area contributed by atoms with E-state index in [1.807, 2.05) is 19.1 Å². The molecular formula is C27H40O5. The molecule has 5 nitrogen and oxygen atoms in total. The number of rotatable bonds is 12. The fraction of sp³-hybridized carbons (Fsp3) is 0.704. The zero-order valence-corrected chi connectivity index (χ0v) is 20.0. The van der Waals surface area contributed by atoms with Gasteiger partial charge in [-0.1, -0.05) is 38.2 Å². The van der Waals surface area contributed by atoms with Crippen molar-refractivity contribution in [1.29, 1.82) is 0 Å². The summed E-state index contributed by atoms with van der Waals surface area (Å²) in [5.41, 5.74) is -0.164. The van der Waals surface area contributed by atoms with Crippen LogP contribution in [0.25, 0.3) is 0 Å². The number of Topliss-reactive ketones (excluding diaryl/α,β-unsaturated/α-hetero) is 1. The first-order chi connectivity index (χ1) is 15.3. The van der Waals surface area contributed by atoms with Crippen LogP contribution in [0.1, 0.15) is 85.0 Å². The average Bonchev–Trinajstić information content (AvgIpc) is 3.12. The summed E-state index contributed by atoms with van der Waals surface area (Å²) >= 11 is 0. The second kappa shape index (κ2) is 13.6. The molecule has 178 valence electrons. The number of carboxylic acids is 1. The number of carboxylic acid groups (broad SMARTS) is 1. The molecule has 1 unspecified atom stereocenters. The third-order valence-electron chi connectivity index (χ3n) is 6.43. The van der Waals surface area contributed by atoms with Gasteiger partial charge in [0.1, 0.15) is 5.78 Å². The maximum atomic E-state index is 12.5. The lowest BCUT2D eigenvalue weighted by Gasteiger charge is -2.35. The summed E-state index contributed by atoms with van der Waals surface area (Å²) < 4.78 is 12.2. The number of hydrogen-bond donors (Lipinski definition) is 1. The number of ether oxygens (including phenoxy) is 2. The summed E-state index contributed by atoms with van der Waals surface area (Å²) in [6.45, 7) is 6.95. The topological polar surface area (TPSA) is 72.8 Å². The van der Waals surface area contributed by atoms with Crippen LogP contribution in [-0.4, -0.2) is 35.9 Å². The molecule has 0 aromatic carbocycles. The van der Waals surface area contributed by atoms with Crippen molar-refractivity contribution in [3.05, 3.63) is 24.3 Å². The van der Waals surface area contributed by atoms with E-state index in [0.29, 0.717) is 25.0 Å². The van der Waals surface area contributed by atoms with Crippen LogP contribution in [0.2, 0.25) is 0 Å². The van der Waals surface area contributed by atoms with Crippen molar-refractivity contribution < 1.29 is 24.2 Å². The molecule has 1 saturated heterocycles. The van der Waals surface area contributed by atoms with E-state index in [4.69, 9.17) is 14.6 Å². The maximum absolute atomic E-state index is 12.5. The second-order valence-electron chi connectivity index (χ2n) is 9.60. The minimum Gasteiger partial charge on any atom is -0.481 e. The molecule has 1 aliphatic heterocycles. The molecule has 2 aliphatic rings. The number of hydrogen-bond acceptors (Lipinski definition) is 4. The van der Waals surface area contributed by atoms with Crippen LogP contribution in [0.15, 0.2) is 24.3 Å². The van der Waals surface area contributed by atoms with E-state index in [-0.39, 0.29) is 36.1 Å². The van der Waals surface area contributed by atoms with Gasteiger partial charge in [0.25, 0.3) is 0 Å². The molecule has 4 atom stereocenters. The Morgan fingerprint density at radius 3 is 2.81 bits per heavy atom. The summed E-state index contributed by atoms with van der Waals surface area (Å²) in [6.07, 6.45) is 15.7. The van der Waals surface area contributed by atoms with Gasteiger partial charge < -0.3 is 14.6 Å². The number of allylic oxidation sites excluding steroid dienone is 3. The normalized spacial score (nSPS) is 25.2. The van der Waals surface area contributed by atoms with Crippen molar-refractivity contribution in [1.82, 2.24) is 0 Å². The average molecular weight is 445 g/mol. The van der Waals surface area contributed by atoms with Gasteiger partial charge in [0.2, 0.25) is 0 Å². The fourth-order valence-corrected chi connectivity index (χ4v) is 4.34. The standard InChI is InChI=1S/C27H40O5/c1-4-5-19-27(2,3)24(32-26-14-10-11-20-31-26)18-16-21-15-17-23(28)22(21)12-8-6-7-9-13-25(29)30/h6,8,16,18,21-22,24,26H,7,9-15,17,19-20H2,1-3H3,(H,29,30)/t21-,22-,24-,26?/m1/s1. The van der Waals surface area contributed by atoms with E-state index in [9.17, 15) is 9.59 Å². The SMILES string of the molecule is CC#CCC(C)(C)[C@@H](C=C[C@H]1CCC(=O)[C@@H]1CC=CCCCC(=O)O)OC1CCCCO1. The Morgan fingerprint density at radius 1 is 1.31 bits per heavy atom. The number of aliphatic carboxylic acids is 1. The molecular weight excluding hydrogens is 404 g/mol. The number of carbonyl (C=O) groups excluding carboxylic acids is 1. The smallest absolute Gasteiger partial charge is 0.303 e. The molecule has 0 radical (unpaired) electrons. The Kier molecular flexibility index (Phi) is 11.2. The Hall–Kier alpha value is -1.90. The van der Waals surface area contributed by atoms with E-state index < -0.39 is 5.97 Å². The quantitative estimate of drug-likeness (QED) is 0.238. The maximum Gasteiger partial charge on any atom is 0.303 e. The monoisotopic (exact) mass is 444 g/mol. The summed E-state index contributed by atoms with van der Waals surface area (Å²) in [6, 6.07) is 0. The van der Waals surface area contributed by atoms with Gasteiger partial charge in [-0.3, -0.25) is 9.59 Å². The molecule has 0 amide bonds. The lowest BCUT2D eigenvalue weighted by molar-refractivity contribution is -0.196. The number of unbranched alkanes of at least 4 members (excludes halogenated alkanes) is 1. The van der Waals surface area contributed by atoms with Gasteiger partial charge in [-0.05, 0) is 57.8 Å². The van der Waals surface area contributed by atoms with Gasteiger partial charge in [-0.2, -0.15) is 0 Å². The van der Waals surface area contributed by atoms with Crippen LogP contribution in [0.3, 0.4) is 0 Å². The van der Waals surface area contributed by atoms with Gasteiger partial charge in [0, 0.05) is 37.2 Å². The Labute approximate surface area is 193 Å². The van der Waals surface area contributed by atoms with Crippen molar-refractivity contribution in [3.8, 4) is 11.8 Å². The zero-order chi connectivity index (χ0) is 23.4. The molecule has 0 bridgehead atoms. The minimum atomic E-state index is -0.766. The first-order valence-corrected chi connectivity index (χ1v) is 12.1. The third-order valence-corrected chi connectivity index (χ3v) is 6.43. The van der Waals surface area contributed by atoms with Gasteiger partial charge in [-0.15, -0.1) is 11.8 Å². The molecule has 1 saturated carbocycles. The van der Waals surface area contributed by atoms with E-state index in [1.165, 1.54) is 0 Å². The lowest BCUT2D eigenvalue weighted by atomic mass is 9.81. The van der Waals surface area contributed by atoms with Crippen LogP contribution in [0.4, 0.5) is 0 Å². The molecule has 0 spiro atoms. The van der Waals surface area contributed by atoms with Crippen molar-refractivity contribution in [2.24, 2.45) is 17.3 Å². The van der Waals surface area contributed by atoms with E-state index in [2.05, 4.69) is 37.8 Å². The molecule has 1 N–H and O–H groups in total. The van der Waals surface area contributed by atoms with Gasteiger partial charge in [0.05, 0.1) is 6.10 Å². The van der Waals surface area contributed by atoms with Crippen LogP contribution in [0, 0.1) is 29.1 Å². The number of ketones is 1. The largest absolute Gasteiger partial charge is 0.481 e.